The summed E-state index contributed by atoms with van der Waals surface area (Å²) in [7, 11) is 0. The molecule has 0 unspecified atom stereocenters. The van der Waals surface area contributed by atoms with Crippen molar-refractivity contribution in [3.05, 3.63) is 35.3 Å². The van der Waals surface area contributed by atoms with Crippen molar-refractivity contribution in [3.63, 3.8) is 0 Å². The lowest BCUT2D eigenvalue weighted by molar-refractivity contribution is 0.0697. The Morgan fingerprint density at radius 1 is 1.31 bits per heavy atom. The first-order valence-corrected chi connectivity index (χ1v) is 3.93. The fourth-order valence-electron chi connectivity index (χ4n) is 0.794. The van der Waals surface area contributed by atoms with Gasteiger partial charge in [-0.25, -0.2) is 4.79 Å². The molecule has 0 bridgehead atoms. The van der Waals surface area contributed by atoms with Crippen LogP contribution in [0.4, 0.5) is 0 Å². The summed E-state index contributed by atoms with van der Waals surface area (Å²) in [6.45, 7) is 5.28. The van der Waals surface area contributed by atoms with Crippen LogP contribution < -0.4 is 0 Å². The Morgan fingerprint density at radius 2 is 1.77 bits per heavy atom. The van der Waals surface area contributed by atoms with Crippen molar-refractivity contribution >= 4 is 5.97 Å². The molecule has 2 heteroatoms. The lowest BCUT2D eigenvalue weighted by Gasteiger charge is -2.18. The normalized spacial score (nSPS) is 15.6. The van der Waals surface area contributed by atoms with Crippen molar-refractivity contribution in [3.8, 4) is 0 Å². The van der Waals surface area contributed by atoms with Gasteiger partial charge in [-0.3, -0.25) is 0 Å². The summed E-state index contributed by atoms with van der Waals surface area (Å²) >= 11 is 0. The quantitative estimate of drug-likeness (QED) is 0.725. The average Bonchev–Trinajstić information content (AvgIpc) is 2.12. The monoisotopic (exact) mass is 182 g/mol. The molecule has 1 aromatic carbocycles. The molecule has 0 saturated carbocycles. The van der Waals surface area contributed by atoms with Crippen molar-refractivity contribution in [2.45, 2.75) is 26.2 Å². The van der Waals surface area contributed by atoms with E-state index in [2.05, 4.69) is 0 Å². The van der Waals surface area contributed by atoms with E-state index in [4.69, 9.17) is 10.6 Å². The van der Waals surface area contributed by atoms with Gasteiger partial charge in [-0.15, -0.1) is 0 Å². The van der Waals surface area contributed by atoms with E-state index in [1.165, 1.54) is 0 Å². The van der Waals surface area contributed by atoms with Crippen LogP contribution in [0.25, 0.3) is 0 Å². The minimum atomic E-state index is -1.44. The predicted molar refractivity (Wildman–Crippen MR) is 52.1 cm³/mol. The molecule has 1 rings (SSSR count). The molecule has 0 radical (unpaired) electrons. The molecule has 13 heavy (non-hydrogen) atoms. The van der Waals surface area contributed by atoms with Crippen molar-refractivity contribution in [2.24, 2.45) is 0 Å². The van der Waals surface area contributed by atoms with Gasteiger partial charge >= 0.3 is 5.97 Å². The summed E-state index contributed by atoms with van der Waals surface area (Å²) < 4.78 is 30.8. The summed E-state index contributed by atoms with van der Waals surface area (Å²) in [6, 6.07) is -1.56. The summed E-state index contributed by atoms with van der Waals surface area (Å²) in [5.74, 6) is -1.44. The highest BCUT2D eigenvalue weighted by Gasteiger charge is 2.13. The zero-order valence-corrected chi connectivity index (χ0v) is 7.86. The van der Waals surface area contributed by atoms with E-state index < -0.39 is 29.0 Å². The van der Waals surface area contributed by atoms with Crippen molar-refractivity contribution in [1.29, 1.82) is 0 Å². The van der Waals surface area contributed by atoms with E-state index in [1.54, 1.807) is 20.8 Å². The molecule has 0 amide bonds. The Balaban J connectivity index is 3.77. The van der Waals surface area contributed by atoms with Gasteiger partial charge in [-0.2, -0.15) is 0 Å². The Kier molecular flexibility index (Phi) is 1.34. The van der Waals surface area contributed by atoms with Gasteiger partial charge in [0.2, 0.25) is 0 Å². The lowest BCUT2D eigenvalue weighted by Crippen LogP contribution is -2.11. The third-order valence-electron chi connectivity index (χ3n) is 1.59. The zero-order valence-electron chi connectivity index (χ0n) is 11.9. The molecule has 1 N–H and O–H groups in total. The van der Waals surface area contributed by atoms with Crippen LogP contribution in [-0.2, 0) is 5.41 Å². The van der Waals surface area contributed by atoms with Crippen LogP contribution in [0.15, 0.2) is 24.2 Å². The molecule has 0 saturated heterocycles. The molecule has 0 atom stereocenters. The molecule has 0 fully saturated rings. The maximum absolute atomic E-state index is 10.9. The number of benzene rings is 1. The van der Waals surface area contributed by atoms with E-state index >= 15 is 0 Å². The third kappa shape index (κ3) is 2.31. The number of hydrogen-bond donors (Lipinski definition) is 1. The first-order valence-electron chi connectivity index (χ1n) is 5.93. The van der Waals surface area contributed by atoms with Gasteiger partial charge in [0, 0.05) is 0 Å². The molecule has 0 aliphatic rings. The number of carboxylic acids is 1. The summed E-state index contributed by atoms with van der Waals surface area (Å²) in [5, 5.41) is 8.88. The van der Waals surface area contributed by atoms with Gasteiger partial charge in [-0.1, -0.05) is 32.9 Å². The molecule has 1 aromatic rings. The molecule has 2 nitrogen and oxygen atoms in total. The SMILES string of the molecule is [2H]c1c([2H])c(C(C)(C)C)c([2H])c([2H])c1C(=O)O. The largest absolute Gasteiger partial charge is 0.478 e. The maximum Gasteiger partial charge on any atom is 0.335 e. The summed E-state index contributed by atoms with van der Waals surface area (Å²) in [5.41, 5.74) is -0.915. The Bertz CT molecular complexity index is 460. The number of rotatable bonds is 1. The first-order chi connectivity index (χ1) is 7.59. The first kappa shape index (κ1) is 5.43. The van der Waals surface area contributed by atoms with Crippen LogP contribution in [0.5, 0.6) is 0 Å². The highest BCUT2D eigenvalue weighted by molar-refractivity contribution is 5.87. The van der Waals surface area contributed by atoms with Crippen molar-refractivity contribution in [1.82, 2.24) is 0 Å². The van der Waals surface area contributed by atoms with Crippen LogP contribution in [0.2, 0.25) is 0 Å². The van der Waals surface area contributed by atoms with Gasteiger partial charge in [0.05, 0.1) is 11.0 Å². The van der Waals surface area contributed by atoms with Crippen LogP contribution >= 0.6 is 0 Å². The zero-order chi connectivity index (χ0) is 13.5. The van der Waals surface area contributed by atoms with Crippen LogP contribution in [0.3, 0.4) is 0 Å². The van der Waals surface area contributed by atoms with Crippen LogP contribution in [-0.4, -0.2) is 11.1 Å². The van der Waals surface area contributed by atoms with Gasteiger partial charge in [-0.05, 0) is 23.1 Å². The Hall–Kier alpha value is -1.31. The molecule has 0 heterocycles. The molecule has 70 valence electrons. The van der Waals surface area contributed by atoms with Gasteiger partial charge in [0.25, 0.3) is 0 Å². The molecule has 0 aliphatic carbocycles. The lowest BCUT2D eigenvalue weighted by atomic mass is 9.87. The fourth-order valence-corrected chi connectivity index (χ4v) is 0.794. The number of aromatic carboxylic acids is 1. The van der Waals surface area contributed by atoms with Gasteiger partial charge < -0.3 is 5.11 Å². The van der Waals surface area contributed by atoms with E-state index in [-0.39, 0.29) is 17.6 Å². The second-order valence-electron chi connectivity index (χ2n) is 3.81. The predicted octanol–water partition coefficient (Wildman–Crippen LogP) is 2.68. The molecule has 0 aromatic heterocycles. The molecular weight excluding hydrogens is 164 g/mol. The molecule has 0 spiro atoms. The van der Waals surface area contributed by atoms with Gasteiger partial charge in [0.15, 0.2) is 0 Å². The van der Waals surface area contributed by atoms with E-state index in [0.29, 0.717) is 0 Å². The second-order valence-corrected chi connectivity index (χ2v) is 3.81. The van der Waals surface area contributed by atoms with Crippen molar-refractivity contribution in [2.75, 3.05) is 0 Å². The van der Waals surface area contributed by atoms with E-state index in [0.717, 1.165) is 0 Å². The molecular formula is C11H14O2. The van der Waals surface area contributed by atoms with Gasteiger partial charge in [0.1, 0.15) is 0 Å². The Morgan fingerprint density at radius 3 is 2.08 bits per heavy atom. The minimum absolute atomic E-state index is 0.234. The van der Waals surface area contributed by atoms with Crippen LogP contribution in [0, 0.1) is 0 Å². The highest BCUT2D eigenvalue weighted by atomic mass is 16.4. The fraction of sp³-hybridized carbons (Fsp3) is 0.364. The minimum Gasteiger partial charge on any atom is -0.478 e. The summed E-state index contributed by atoms with van der Waals surface area (Å²) in [4.78, 5) is 10.9. The van der Waals surface area contributed by atoms with Crippen LogP contribution in [0.1, 0.15) is 42.2 Å². The van der Waals surface area contributed by atoms with E-state index in [9.17, 15) is 4.79 Å². The summed E-state index contributed by atoms with van der Waals surface area (Å²) in [6.07, 6.45) is 0. The highest BCUT2D eigenvalue weighted by Crippen LogP contribution is 2.21. The van der Waals surface area contributed by atoms with Crippen molar-refractivity contribution < 1.29 is 15.4 Å². The van der Waals surface area contributed by atoms with E-state index in [1.807, 2.05) is 0 Å². The smallest absolute Gasteiger partial charge is 0.335 e. The third-order valence-corrected chi connectivity index (χ3v) is 1.59. The number of carbonyl (C=O) groups is 1. The topological polar surface area (TPSA) is 37.3 Å². The standard InChI is InChI=1S/C11H14O2/c1-11(2,3)9-6-4-8(5-7-9)10(12)13/h4-7H,1-3H3,(H,12,13)/i4D,5D,6D,7D. The maximum atomic E-state index is 10.9. The second kappa shape index (κ2) is 3.21. The number of hydrogen-bond acceptors (Lipinski definition) is 1. The number of carboxylic acid groups (broad SMARTS) is 1. The molecule has 0 aliphatic heterocycles. The average molecular weight is 182 g/mol. The Labute approximate surface area is 83.8 Å².